The van der Waals surface area contributed by atoms with Crippen LogP contribution in [0.3, 0.4) is 0 Å². The molecular weight excluding hydrogens is 256 g/mol. The third-order valence-corrected chi connectivity index (χ3v) is 2.69. The van der Waals surface area contributed by atoms with E-state index in [0.717, 1.165) is 0 Å². The summed E-state index contributed by atoms with van der Waals surface area (Å²) in [6, 6.07) is 4.04. The van der Waals surface area contributed by atoms with Crippen LogP contribution in [0.1, 0.15) is 30.1 Å². The van der Waals surface area contributed by atoms with E-state index in [1.165, 1.54) is 18.2 Å². The summed E-state index contributed by atoms with van der Waals surface area (Å²) in [6.07, 6.45) is 0.831. The number of nitrogens with two attached hydrogens (primary N) is 1. The summed E-state index contributed by atoms with van der Waals surface area (Å²) < 4.78 is 0. The van der Waals surface area contributed by atoms with Gasteiger partial charge in [-0.05, 0) is 24.6 Å². The van der Waals surface area contributed by atoms with Crippen LogP contribution in [0.4, 0.5) is 5.69 Å². The lowest BCUT2D eigenvalue weighted by atomic mass is 10.1. The maximum Gasteiger partial charge on any atom is 0.337 e. The predicted octanol–water partition coefficient (Wildman–Crippen LogP) is 2.10. The molecule has 0 aliphatic heterocycles. The molecule has 0 radical (unpaired) electrons. The molecule has 1 atom stereocenters. The predicted molar refractivity (Wildman–Crippen MR) is 69.9 cm³/mol. The first-order valence-corrected chi connectivity index (χ1v) is 5.90. The summed E-state index contributed by atoms with van der Waals surface area (Å²) >= 11 is 5.71. The van der Waals surface area contributed by atoms with Gasteiger partial charge in [0.05, 0.1) is 11.3 Å². The maximum absolute atomic E-state index is 11.6. The zero-order valence-electron chi connectivity index (χ0n) is 9.94. The fourth-order valence-electron chi connectivity index (χ4n) is 1.39. The first-order chi connectivity index (χ1) is 8.43. The van der Waals surface area contributed by atoms with Gasteiger partial charge in [-0.25, -0.2) is 4.79 Å². The van der Waals surface area contributed by atoms with Gasteiger partial charge in [0.1, 0.15) is 0 Å². The number of carboxylic acid groups (broad SMARTS) is 1. The van der Waals surface area contributed by atoms with Gasteiger partial charge in [0.25, 0.3) is 0 Å². The Morgan fingerprint density at radius 2 is 2.17 bits per heavy atom. The van der Waals surface area contributed by atoms with Crippen molar-refractivity contribution in [1.82, 2.24) is 0 Å². The molecule has 4 N–H and O–H groups in total. The van der Waals surface area contributed by atoms with Crippen molar-refractivity contribution in [3.8, 4) is 0 Å². The largest absolute Gasteiger partial charge is 0.478 e. The number of aromatic carboxylic acids is 1. The second-order valence-electron chi connectivity index (χ2n) is 3.92. The first-order valence-electron chi connectivity index (χ1n) is 5.52. The van der Waals surface area contributed by atoms with E-state index in [-0.39, 0.29) is 29.6 Å². The van der Waals surface area contributed by atoms with Gasteiger partial charge in [-0.3, -0.25) is 4.79 Å². The van der Waals surface area contributed by atoms with Gasteiger partial charge in [0.15, 0.2) is 0 Å². The molecule has 0 aliphatic rings. The Kier molecular flexibility index (Phi) is 5.12. The SMILES string of the molecule is CCC(N)CC(=O)Nc1ccc(Cl)cc1C(=O)O. The molecule has 1 aromatic rings. The molecular formula is C12H15ClN2O3. The normalized spacial score (nSPS) is 11.9. The Hall–Kier alpha value is -1.59. The molecule has 6 heteroatoms. The van der Waals surface area contributed by atoms with Crippen LogP contribution in [0, 0.1) is 0 Å². The van der Waals surface area contributed by atoms with Crippen molar-refractivity contribution in [1.29, 1.82) is 0 Å². The number of carboxylic acids is 1. The molecule has 1 amide bonds. The van der Waals surface area contributed by atoms with Gasteiger partial charge < -0.3 is 16.2 Å². The quantitative estimate of drug-likeness (QED) is 0.764. The minimum Gasteiger partial charge on any atom is -0.478 e. The number of halogens is 1. The molecule has 0 aliphatic carbocycles. The van der Waals surface area contributed by atoms with E-state index in [0.29, 0.717) is 11.4 Å². The summed E-state index contributed by atoms with van der Waals surface area (Å²) in [7, 11) is 0. The molecule has 1 aromatic carbocycles. The molecule has 0 spiro atoms. The lowest BCUT2D eigenvalue weighted by molar-refractivity contribution is -0.116. The van der Waals surface area contributed by atoms with Crippen molar-refractivity contribution in [2.45, 2.75) is 25.8 Å². The number of hydrogen-bond donors (Lipinski definition) is 3. The summed E-state index contributed by atoms with van der Waals surface area (Å²) in [5.74, 6) is -1.46. The number of amides is 1. The topological polar surface area (TPSA) is 92.4 Å². The van der Waals surface area contributed by atoms with Crippen molar-refractivity contribution in [2.75, 3.05) is 5.32 Å². The Morgan fingerprint density at radius 3 is 2.72 bits per heavy atom. The molecule has 0 saturated carbocycles. The molecule has 18 heavy (non-hydrogen) atoms. The lowest BCUT2D eigenvalue weighted by Crippen LogP contribution is -2.26. The highest BCUT2D eigenvalue weighted by atomic mass is 35.5. The molecule has 0 heterocycles. The van der Waals surface area contributed by atoms with E-state index in [4.69, 9.17) is 22.4 Å². The number of benzene rings is 1. The maximum atomic E-state index is 11.6. The standard InChI is InChI=1S/C12H15ClN2O3/c1-2-8(14)6-11(16)15-10-4-3-7(13)5-9(10)12(17)18/h3-5,8H,2,6,14H2,1H3,(H,15,16)(H,17,18). The van der Waals surface area contributed by atoms with Gasteiger partial charge in [-0.2, -0.15) is 0 Å². The molecule has 0 aromatic heterocycles. The van der Waals surface area contributed by atoms with Crippen molar-refractivity contribution in [2.24, 2.45) is 5.73 Å². The van der Waals surface area contributed by atoms with E-state index in [1.54, 1.807) is 0 Å². The lowest BCUT2D eigenvalue weighted by Gasteiger charge is -2.11. The monoisotopic (exact) mass is 270 g/mol. The van der Waals surface area contributed by atoms with E-state index in [1.807, 2.05) is 6.92 Å². The first kappa shape index (κ1) is 14.5. The number of nitrogens with one attached hydrogen (secondary N) is 1. The van der Waals surface area contributed by atoms with Crippen LogP contribution in [-0.2, 0) is 4.79 Å². The summed E-state index contributed by atoms with van der Waals surface area (Å²) in [5, 5.41) is 11.8. The smallest absolute Gasteiger partial charge is 0.337 e. The second kappa shape index (κ2) is 6.37. The van der Waals surface area contributed by atoms with Crippen LogP contribution in [0.15, 0.2) is 18.2 Å². The molecule has 0 bridgehead atoms. The van der Waals surface area contributed by atoms with Crippen molar-refractivity contribution < 1.29 is 14.7 Å². The van der Waals surface area contributed by atoms with E-state index >= 15 is 0 Å². The number of hydrogen-bond acceptors (Lipinski definition) is 3. The van der Waals surface area contributed by atoms with Crippen LogP contribution < -0.4 is 11.1 Å². The van der Waals surface area contributed by atoms with Gasteiger partial charge in [-0.15, -0.1) is 0 Å². The fourth-order valence-corrected chi connectivity index (χ4v) is 1.56. The number of anilines is 1. The second-order valence-corrected chi connectivity index (χ2v) is 4.35. The minimum absolute atomic E-state index is 0.0408. The average Bonchev–Trinajstić information content (AvgIpc) is 2.30. The van der Waals surface area contributed by atoms with Crippen LogP contribution in [0.2, 0.25) is 5.02 Å². The highest BCUT2D eigenvalue weighted by Gasteiger charge is 2.14. The molecule has 5 nitrogen and oxygen atoms in total. The third-order valence-electron chi connectivity index (χ3n) is 2.46. The van der Waals surface area contributed by atoms with Gasteiger partial charge in [0.2, 0.25) is 5.91 Å². The van der Waals surface area contributed by atoms with Crippen molar-refractivity contribution in [3.63, 3.8) is 0 Å². The molecule has 0 fully saturated rings. The molecule has 0 saturated heterocycles. The average molecular weight is 271 g/mol. The highest BCUT2D eigenvalue weighted by Crippen LogP contribution is 2.21. The number of carbonyl (C=O) groups is 2. The Morgan fingerprint density at radius 1 is 1.50 bits per heavy atom. The molecule has 1 rings (SSSR count). The van der Waals surface area contributed by atoms with Crippen molar-refractivity contribution >= 4 is 29.2 Å². The Balaban J connectivity index is 2.84. The highest BCUT2D eigenvalue weighted by molar-refractivity contribution is 6.31. The number of rotatable bonds is 5. The van der Waals surface area contributed by atoms with Crippen LogP contribution in [-0.4, -0.2) is 23.0 Å². The van der Waals surface area contributed by atoms with Gasteiger partial charge in [-0.1, -0.05) is 18.5 Å². The van der Waals surface area contributed by atoms with E-state index < -0.39 is 5.97 Å². The molecule has 98 valence electrons. The van der Waals surface area contributed by atoms with E-state index in [9.17, 15) is 9.59 Å². The fraction of sp³-hybridized carbons (Fsp3) is 0.333. The summed E-state index contributed by atoms with van der Waals surface area (Å²) in [6.45, 7) is 1.88. The minimum atomic E-state index is -1.15. The van der Waals surface area contributed by atoms with Crippen LogP contribution in [0.5, 0.6) is 0 Å². The zero-order chi connectivity index (χ0) is 13.7. The van der Waals surface area contributed by atoms with Gasteiger partial charge in [0, 0.05) is 17.5 Å². The zero-order valence-corrected chi connectivity index (χ0v) is 10.7. The van der Waals surface area contributed by atoms with E-state index in [2.05, 4.69) is 5.32 Å². The third kappa shape index (κ3) is 4.01. The van der Waals surface area contributed by atoms with Crippen LogP contribution >= 0.6 is 11.6 Å². The summed E-state index contributed by atoms with van der Waals surface area (Å²) in [4.78, 5) is 22.6. The Labute approximate surface area is 110 Å². The number of carbonyl (C=O) groups excluding carboxylic acids is 1. The molecule has 1 unspecified atom stereocenters. The van der Waals surface area contributed by atoms with Crippen molar-refractivity contribution in [3.05, 3.63) is 28.8 Å². The van der Waals surface area contributed by atoms with Crippen LogP contribution in [0.25, 0.3) is 0 Å². The Bertz CT molecular complexity index is 463. The summed E-state index contributed by atoms with van der Waals surface area (Å²) in [5.41, 5.74) is 5.83. The van der Waals surface area contributed by atoms with Gasteiger partial charge >= 0.3 is 5.97 Å².